The number of carbonyl (C=O) groups excluding carboxylic acids is 1. The van der Waals surface area contributed by atoms with Crippen molar-refractivity contribution < 1.29 is 9.90 Å². The molecule has 1 amide bonds. The van der Waals surface area contributed by atoms with Crippen LogP contribution in [-0.4, -0.2) is 47.2 Å². The van der Waals surface area contributed by atoms with Gasteiger partial charge in [0.15, 0.2) is 0 Å². The van der Waals surface area contributed by atoms with Gasteiger partial charge in [0.1, 0.15) is 0 Å². The summed E-state index contributed by atoms with van der Waals surface area (Å²) in [6.45, 7) is 7.44. The number of nitrogens with zero attached hydrogens (tertiary/aromatic N) is 1. The van der Waals surface area contributed by atoms with Gasteiger partial charge in [0.05, 0.1) is 25.2 Å². The van der Waals surface area contributed by atoms with Gasteiger partial charge in [-0.15, -0.1) is 0 Å². The molecule has 1 aliphatic rings. The summed E-state index contributed by atoms with van der Waals surface area (Å²) in [6.07, 6.45) is 1.75. The zero-order chi connectivity index (χ0) is 11.5. The van der Waals surface area contributed by atoms with Gasteiger partial charge in [0.2, 0.25) is 5.91 Å². The summed E-state index contributed by atoms with van der Waals surface area (Å²) in [7, 11) is 0. The lowest BCUT2D eigenvalue weighted by molar-refractivity contribution is -0.155. The molecule has 4 nitrogen and oxygen atoms in total. The first-order valence-electron chi connectivity index (χ1n) is 5.70. The molecule has 0 saturated carbocycles. The minimum atomic E-state index is -0.609. The predicted octanol–water partition coefficient (Wildman–Crippen LogP) is 0.358. The van der Waals surface area contributed by atoms with Crippen molar-refractivity contribution in [3.05, 3.63) is 0 Å². The van der Waals surface area contributed by atoms with E-state index in [1.165, 1.54) is 0 Å². The van der Waals surface area contributed by atoms with Crippen LogP contribution in [0, 0.1) is 0 Å². The molecule has 0 bridgehead atoms. The van der Waals surface area contributed by atoms with Gasteiger partial charge in [-0.05, 0) is 6.42 Å². The normalized spacial score (nSPS) is 19.1. The summed E-state index contributed by atoms with van der Waals surface area (Å²) in [5.74, 6) is 0.0875. The zero-order valence-electron chi connectivity index (χ0n) is 9.92. The molecular weight excluding hydrogens is 192 g/mol. The van der Waals surface area contributed by atoms with Gasteiger partial charge in [-0.3, -0.25) is 4.79 Å². The highest BCUT2D eigenvalue weighted by molar-refractivity contribution is 5.79. The molecule has 0 radical (unpaired) electrons. The van der Waals surface area contributed by atoms with E-state index in [1.54, 1.807) is 4.90 Å². The van der Waals surface area contributed by atoms with Crippen LogP contribution in [0.3, 0.4) is 0 Å². The van der Waals surface area contributed by atoms with E-state index in [1.807, 2.05) is 20.8 Å². The van der Waals surface area contributed by atoms with E-state index in [0.29, 0.717) is 25.7 Å². The summed E-state index contributed by atoms with van der Waals surface area (Å²) in [6, 6.07) is 0.324. The molecule has 0 unspecified atom stereocenters. The van der Waals surface area contributed by atoms with E-state index in [9.17, 15) is 9.90 Å². The SMILES string of the molecule is CCCC1(O)CN(C(=O)CNC(C)C)C1. The van der Waals surface area contributed by atoms with Crippen molar-refractivity contribution in [2.45, 2.75) is 45.3 Å². The topological polar surface area (TPSA) is 52.6 Å². The Morgan fingerprint density at radius 1 is 1.53 bits per heavy atom. The third-order valence-corrected chi connectivity index (χ3v) is 2.70. The van der Waals surface area contributed by atoms with Gasteiger partial charge < -0.3 is 15.3 Å². The standard InChI is InChI=1S/C11H22N2O2/c1-4-5-11(15)7-13(8-11)10(14)6-12-9(2)3/h9,12,15H,4-8H2,1-3H3. The molecule has 88 valence electrons. The van der Waals surface area contributed by atoms with Crippen molar-refractivity contribution in [2.75, 3.05) is 19.6 Å². The second-order valence-electron chi connectivity index (χ2n) is 4.76. The van der Waals surface area contributed by atoms with Crippen LogP contribution in [0.1, 0.15) is 33.6 Å². The Morgan fingerprint density at radius 3 is 2.60 bits per heavy atom. The van der Waals surface area contributed by atoms with Crippen molar-refractivity contribution in [2.24, 2.45) is 0 Å². The summed E-state index contributed by atoms with van der Waals surface area (Å²) >= 11 is 0. The number of likely N-dealkylation sites (tertiary alicyclic amines) is 1. The van der Waals surface area contributed by atoms with Gasteiger partial charge in [-0.2, -0.15) is 0 Å². The second-order valence-corrected chi connectivity index (χ2v) is 4.76. The average molecular weight is 214 g/mol. The quantitative estimate of drug-likeness (QED) is 0.694. The molecule has 0 aromatic carbocycles. The van der Waals surface area contributed by atoms with E-state index in [4.69, 9.17) is 0 Å². The van der Waals surface area contributed by atoms with Crippen LogP contribution >= 0.6 is 0 Å². The fraction of sp³-hybridized carbons (Fsp3) is 0.909. The molecule has 15 heavy (non-hydrogen) atoms. The van der Waals surface area contributed by atoms with Crippen LogP contribution < -0.4 is 5.32 Å². The Kier molecular flexibility index (Phi) is 4.11. The van der Waals surface area contributed by atoms with Crippen molar-refractivity contribution in [3.63, 3.8) is 0 Å². The first-order chi connectivity index (χ1) is 6.97. The number of carbonyl (C=O) groups is 1. The van der Waals surface area contributed by atoms with Gasteiger partial charge in [-0.25, -0.2) is 0 Å². The third-order valence-electron chi connectivity index (χ3n) is 2.70. The number of aliphatic hydroxyl groups is 1. The summed E-state index contributed by atoms with van der Waals surface area (Å²) in [4.78, 5) is 13.3. The second kappa shape index (κ2) is 4.94. The molecule has 1 fully saturated rings. The molecule has 1 saturated heterocycles. The van der Waals surface area contributed by atoms with Gasteiger partial charge in [0.25, 0.3) is 0 Å². The fourth-order valence-corrected chi connectivity index (χ4v) is 1.87. The maximum Gasteiger partial charge on any atom is 0.236 e. The van der Waals surface area contributed by atoms with Crippen molar-refractivity contribution in [1.82, 2.24) is 10.2 Å². The molecule has 0 aliphatic carbocycles. The van der Waals surface area contributed by atoms with Gasteiger partial charge in [0, 0.05) is 6.04 Å². The highest BCUT2D eigenvalue weighted by atomic mass is 16.3. The van der Waals surface area contributed by atoms with Crippen LogP contribution in [0.15, 0.2) is 0 Å². The van der Waals surface area contributed by atoms with Gasteiger partial charge in [-0.1, -0.05) is 27.2 Å². The largest absolute Gasteiger partial charge is 0.386 e. The average Bonchev–Trinajstić information content (AvgIpc) is 2.10. The monoisotopic (exact) mass is 214 g/mol. The maximum atomic E-state index is 11.6. The molecule has 2 N–H and O–H groups in total. The van der Waals surface area contributed by atoms with Gasteiger partial charge >= 0.3 is 0 Å². The summed E-state index contributed by atoms with van der Waals surface area (Å²) in [5, 5.41) is 13.0. The Balaban J connectivity index is 2.23. The van der Waals surface area contributed by atoms with E-state index in [0.717, 1.165) is 12.8 Å². The molecule has 0 aromatic heterocycles. The highest BCUT2D eigenvalue weighted by Gasteiger charge is 2.42. The number of rotatable bonds is 5. The first kappa shape index (κ1) is 12.5. The molecule has 0 aromatic rings. The van der Waals surface area contributed by atoms with Crippen LogP contribution in [0.5, 0.6) is 0 Å². The van der Waals surface area contributed by atoms with Crippen LogP contribution in [-0.2, 0) is 4.79 Å². The van der Waals surface area contributed by atoms with Crippen LogP contribution in [0.4, 0.5) is 0 Å². The lowest BCUT2D eigenvalue weighted by Crippen LogP contribution is -2.64. The predicted molar refractivity (Wildman–Crippen MR) is 59.6 cm³/mol. The van der Waals surface area contributed by atoms with Crippen molar-refractivity contribution in [1.29, 1.82) is 0 Å². The lowest BCUT2D eigenvalue weighted by Gasteiger charge is -2.46. The van der Waals surface area contributed by atoms with Crippen LogP contribution in [0.25, 0.3) is 0 Å². The Labute approximate surface area is 91.6 Å². The fourth-order valence-electron chi connectivity index (χ4n) is 1.87. The Bertz CT molecular complexity index is 223. The number of hydrogen-bond acceptors (Lipinski definition) is 3. The molecule has 4 heteroatoms. The summed E-state index contributed by atoms with van der Waals surface area (Å²) < 4.78 is 0. The minimum absolute atomic E-state index is 0.0875. The highest BCUT2D eigenvalue weighted by Crippen LogP contribution is 2.25. The molecule has 1 heterocycles. The van der Waals surface area contributed by atoms with E-state index in [-0.39, 0.29) is 5.91 Å². The van der Waals surface area contributed by atoms with E-state index < -0.39 is 5.60 Å². The Hall–Kier alpha value is -0.610. The molecule has 1 rings (SSSR count). The number of nitrogens with one attached hydrogen (secondary N) is 1. The number of amides is 1. The van der Waals surface area contributed by atoms with E-state index in [2.05, 4.69) is 5.32 Å². The third kappa shape index (κ3) is 3.47. The summed E-state index contributed by atoms with van der Waals surface area (Å²) in [5.41, 5.74) is -0.609. The maximum absolute atomic E-state index is 11.6. The molecule has 0 spiro atoms. The minimum Gasteiger partial charge on any atom is -0.386 e. The van der Waals surface area contributed by atoms with Crippen molar-refractivity contribution in [3.8, 4) is 0 Å². The number of β-amino-alcohol motifs (C(OH)–C–C–N with tert-alkyl or cyclic N) is 1. The zero-order valence-corrected chi connectivity index (χ0v) is 9.92. The first-order valence-corrected chi connectivity index (χ1v) is 5.70. The molecule has 1 aliphatic heterocycles. The molecule has 0 atom stereocenters. The van der Waals surface area contributed by atoms with Crippen LogP contribution in [0.2, 0.25) is 0 Å². The van der Waals surface area contributed by atoms with E-state index >= 15 is 0 Å². The van der Waals surface area contributed by atoms with Crippen molar-refractivity contribution >= 4 is 5.91 Å². The molecular formula is C11H22N2O2. The number of hydrogen-bond donors (Lipinski definition) is 2. The smallest absolute Gasteiger partial charge is 0.236 e. The lowest BCUT2D eigenvalue weighted by atomic mass is 9.89. The Morgan fingerprint density at radius 2 is 2.13 bits per heavy atom.